The van der Waals surface area contributed by atoms with Crippen LogP contribution in [0.4, 0.5) is 10.2 Å². The van der Waals surface area contributed by atoms with E-state index in [1.54, 1.807) is 12.3 Å². The molecule has 0 fully saturated rings. The van der Waals surface area contributed by atoms with Gasteiger partial charge in [0.15, 0.2) is 11.6 Å². The Morgan fingerprint density at radius 3 is 2.74 bits per heavy atom. The molecular formula is C16H12ClFN2OS2. The zero-order chi connectivity index (χ0) is 16.4. The van der Waals surface area contributed by atoms with Gasteiger partial charge in [-0.05, 0) is 18.6 Å². The molecule has 1 unspecified atom stereocenters. The predicted octanol–water partition coefficient (Wildman–Crippen LogP) is 5.05. The van der Waals surface area contributed by atoms with Crippen molar-refractivity contribution < 1.29 is 8.94 Å². The first-order valence-electron chi connectivity index (χ1n) is 6.69. The number of rotatable bonds is 4. The highest BCUT2D eigenvalue weighted by Gasteiger charge is 2.20. The van der Waals surface area contributed by atoms with Crippen LogP contribution in [0.25, 0.3) is 10.6 Å². The molecular weight excluding hydrogens is 355 g/mol. The molecule has 0 saturated carbocycles. The largest absolute Gasteiger partial charge is 0.588 e. The monoisotopic (exact) mass is 366 g/mol. The quantitative estimate of drug-likeness (QED) is 0.657. The lowest BCUT2D eigenvalue weighted by molar-refractivity contribution is 0.569. The highest BCUT2D eigenvalue weighted by molar-refractivity contribution is 7.92. The van der Waals surface area contributed by atoms with Gasteiger partial charge in [-0.3, -0.25) is 0 Å². The Balaban J connectivity index is 1.80. The second kappa shape index (κ2) is 6.88. The van der Waals surface area contributed by atoms with Crippen LogP contribution in [-0.4, -0.2) is 9.54 Å². The Morgan fingerprint density at radius 1 is 1.26 bits per heavy atom. The van der Waals surface area contributed by atoms with Crippen LogP contribution in [0.2, 0.25) is 5.02 Å². The summed E-state index contributed by atoms with van der Waals surface area (Å²) in [5.74, 6) is -0.163. The van der Waals surface area contributed by atoms with E-state index in [2.05, 4.69) is 9.71 Å². The Bertz CT molecular complexity index is 826. The maximum Gasteiger partial charge on any atom is 0.215 e. The van der Waals surface area contributed by atoms with Gasteiger partial charge in [0.1, 0.15) is 16.4 Å². The summed E-state index contributed by atoms with van der Waals surface area (Å²) in [6, 6.07) is 12.3. The van der Waals surface area contributed by atoms with Gasteiger partial charge in [0.05, 0.1) is 0 Å². The highest BCUT2D eigenvalue weighted by atomic mass is 35.5. The first kappa shape index (κ1) is 16.3. The number of anilines is 1. The van der Waals surface area contributed by atoms with Gasteiger partial charge < -0.3 is 4.55 Å². The zero-order valence-electron chi connectivity index (χ0n) is 12.0. The van der Waals surface area contributed by atoms with E-state index in [0.29, 0.717) is 16.4 Å². The van der Waals surface area contributed by atoms with Crippen molar-refractivity contribution in [3.63, 3.8) is 0 Å². The fourth-order valence-corrected chi connectivity index (χ4v) is 3.86. The van der Waals surface area contributed by atoms with Crippen LogP contribution < -0.4 is 4.72 Å². The third kappa shape index (κ3) is 3.67. The fraction of sp³-hybridized carbons (Fsp3) is 0.0625. The SMILES string of the molecule is Cc1cc([S+]([O-])Nc2csc(-c3ccccc3)n2)c(F)cc1Cl. The number of aryl methyl sites for hydroxylation is 1. The maximum atomic E-state index is 13.9. The number of thiazole rings is 1. The average Bonchev–Trinajstić information content (AvgIpc) is 3.00. The Kier molecular flexibility index (Phi) is 4.87. The molecule has 1 N–H and O–H groups in total. The predicted molar refractivity (Wildman–Crippen MR) is 93.7 cm³/mol. The van der Waals surface area contributed by atoms with Crippen molar-refractivity contribution in [3.05, 3.63) is 64.2 Å². The molecule has 0 bridgehead atoms. The lowest BCUT2D eigenvalue weighted by Crippen LogP contribution is -2.15. The molecule has 0 aliphatic rings. The first-order valence-corrected chi connectivity index (χ1v) is 9.10. The standard InChI is InChI=1S/C16H12ClFN2OS2/c1-10-7-14(13(18)8-12(10)17)23(21)20-15-9-22-16(19-15)11-5-3-2-4-6-11/h2-9,20H,1H3. The van der Waals surface area contributed by atoms with Crippen LogP contribution in [0, 0.1) is 12.7 Å². The third-order valence-corrected chi connectivity index (χ3v) is 5.54. The summed E-state index contributed by atoms with van der Waals surface area (Å²) in [5.41, 5.74) is 1.64. The van der Waals surface area contributed by atoms with Crippen molar-refractivity contribution in [2.24, 2.45) is 0 Å². The van der Waals surface area contributed by atoms with Crippen molar-refractivity contribution in [1.29, 1.82) is 0 Å². The number of halogens is 2. The minimum absolute atomic E-state index is 0.0566. The molecule has 0 aliphatic carbocycles. The summed E-state index contributed by atoms with van der Waals surface area (Å²) in [6.45, 7) is 1.73. The van der Waals surface area contributed by atoms with Crippen molar-refractivity contribution in [3.8, 4) is 10.6 Å². The molecule has 0 radical (unpaired) electrons. The lowest BCUT2D eigenvalue weighted by atomic mass is 10.2. The number of hydrogen-bond acceptors (Lipinski definition) is 4. The Labute approximate surface area is 145 Å². The number of nitrogens with one attached hydrogen (secondary N) is 1. The average molecular weight is 367 g/mol. The minimum Gasteiger partial charge on any atom is -0.588 e. The number of benzene rings is 2. The van der Waals surface area contributed by atoms with E-state index in [9.17, 15) is 8.94 Å². The van der Waals surface area contributed by atoms with E-state index in [1.807, 2.05) is 30.3 Å². The number of nitrogens with zero attached hydrogens (tertiary/aromatic N) is 1. The molecule has 1 heterocycles. The molecule has 0 amide bonds. The number of hydrogen-bond donors (Lipinski definition) is 1. The maximum absolute atomic E-state index is 13.9. The third-order valence-electron chi connectivity index (χ3n) is 3.14. The Morgan fingerprint density at radius 2 is 2.00 bits per heavy atom. The smallest absolute Gasteiger partial charge is 0.215 e. The van der Waals surface area contributed by atoms with E-state index < -0.39 is 17.2 Å². The van der Waals surface area contributed by atoms with Crippen molar-refractivity contribution in [2.45, 2.75) is 11.8 Å². The first-order chi connectivity index (χ1) is 11.0. The lowest BCUT2D eigenvalue weighted by Gasteiger charge is -2.11. The van der Waals surface area contributed by atoms with E-state index >= 15 is 0 Å². The number of aromatic nitrogens is 1. The molecule has 7 heteroatoms. The van der Waals surface area contributed by atoms with Gasteiger partial charge in [-0.2, -0.15) is 4.72 Å². The topological polar surface area (TPSA) is 48.0 Å². The Hall–Kier alpha value is -1.60. The minimum atomic E-state index is -1.75. The molecule has 3 rings (SSSR count). The van der Waals surface area contributed by atoms with Gasteiger partial charge in [0, 0.05) is 22.0 Å². The van der Waals surface area contributed by atoms with E-state index in [-0.39, 0.29) is 4.90 Å². The molecule has 1 atom stereocenters. The molecule has 0 saturated heterocycles. The molecule has 0 spiro atoms. The van der Waals surface area contributed by atoms with Crippen molar-refractivity contribution in [2.75, 3.05) is 4.72 Å². The highest BCUT2D eigenvalue weighted by Crippen LogP contribution is 2.28. The summed E-state index contributed by atoms with van der Waals surface area (Å²) < 4.78 is 29.0. The van der Waals surface area contributed by atoms with Crippen LogP contribution in [0.5, 0.6) is 0 Å². The molecule has 2 aromatic carbocycles. The van der Waals surface area contributed by atoms with E-state index in [0.717, 1.165) is 10.6 Å². The molecule has 1 aromatic heterocycles. The molecule has 3 aromatic rings. The second-order valence-electron chi connectivity index (χ2n) is 4.81. The normalized spacial score (nSPS) is 12.2. The summed E-state index contributed by atoms with van der Waals surface area (Å²) in [5, 5.41) is 2.86. The summed E-state index contributed by atoms with van der Waals surface area (Å²) >= 11 is 5.53. The molecule has 23 heavy (non-hydrogen) atoms. The molecule has 118 valence electrons. The fourth-order valence-electron chi connectivity index (χ4n) is 1.96. The van der Waals surface area contributed by atoms with Crippen LogP contribution in [0.15, 0.2) is 52.7 Å². The summed E-state index contributed by atoms with van der Waals surface area (Å²) in [6.07, 6.45) is 0. The second-order valence-corrected chi connectivity index (χ2v) is 7.25. The van der Waals surface area contributed by atoms with Gasteiger partial charge >= 0.3 is 0 Å². The zero-order valence-corrected chi connectivity index (χ0v) is 14.4. The van der Waals surface area contributed by atoms with Gasteiger partial charge in [-0.1, -0.05) is 41.9 Å². The van der Waals surface area contributed by atoms with Gasteiger partial charge in [0.25, 0.3) is 0 Å². The van der Waals surface area contributed by atoms with Crippen molar-refractivity contribution in [1.82, 2.24) is 4.98 Å². The van der Waals surface area contributed by atoms with Crippen LogP contribution >= 0.6 is 22.9 Å². The van der Waals surface area contributed by atoms with Crippen LogP contribution in [0.1, 0.15) is 5.56 Å². The van der Waals surface area contributed by atoms with Crippen LogP contribution in [-0.2, 0) is 11.4 Å². The molecule has 3 nitrogen and oxygen atoms in total. The van der Waals surface area contributed by atoms with E-state index in [4.69, 9.17) is 11.6 Å². The summed E-state index contributed by atoms with van der Waals surface area (Å²) in [7, 11) is 0. The molecule has 0 aliphatic heterocycles. The summed E-state index contributed by atoms with van der Waals surface area (Å²) in [4.78, 5) is 4.44. The van der Waals surface area contributed by atoms with Gasteiger partial charge in [0.2, 0.25) is 4.90 Å². The van der Waals surface area contributed by atoms with E-state index in [1.165, 1.54) is 23.5 Å². The van der Waals surface area contributed by atoms with Crippen molar-refractivity contribution >= 4 is 40.1 Å². The van der Waals surface area contributed by atoms with Crippen LogP contribution in [0.3, 0.4) is 0 Å². The van der Waals surface area contributed by atoms with Gasteiger partial charge in [-0.15, -0.1) is 11.3 Å². The van der Waals surface area contributed by atoms with Gasteiger partial charge in [-0.25, -0.2) is 9.37 Å².